The first-order chi connectivity index (χ1) is 10.1. The molecule has 2 rings (SSSR count). The summed E-state index contributed by atoms with van der Waals surface area (Å²) in [6, 6.07) is 13.5. The number of rotatable bonds is 6. The van der Waals surface area contributed by atoms with Crippen LogP contribution in [0.2, 0.25) is 0 Å². The van der Waals surface area contributed by atoms with Crippen LogP contribution in [-0.4, -0.2) is 18.3 Å². The highest BCUT2D eigenvalue weighted by molar-refractivity contribution is 5.59. The van der Waals surface area contributed by atoms with Crippen LogP contribution in [0.25, 0.3) is 11.3 Å². The first-order valence-corrected chi connectivity index (χ1v) is 7.19. The van der Waals surface area contributed by atoms with Crippen molar-refractivity contribution in [3.8, 4) is 11.3 Å². The van der Waals surface area contributed by atoms with Crippen molar-refractivity contribution >= 4 is 0 Å². The molecule has 4 nitrogen and oxygen atoms in total. The fraction of sp³-hybridized carbons (Fsp3) is 0.353. The van der Waals surface area contributed by atoms with Crippen LogP contribution in [0.5, 0.6) is 0 Å². The van der Waals surface area contributed by atoms with Crippen LogP contribution in [0.1, 0.15) is 24.9 Å². The predicted octanol–water partition coefficient (Wildman–Crippen LogP) is 2.57. The van der Waals surface area contributed by atoms with Gasteiger partial charge in [-0.1, -0.05) is 30.3 Å². The summed E-state index contributed by atoms with van der Waals surface area (Å²) in [5, 5.41) is 0. The van der Waals surface area contributed by atoms with Crippen LogP contribution in [0.3, 0.4) is 0 Å². The minimum atomic E-state index is -0.268. The van der Waals surface area contributed by atoms with Crippen molar-refractivity contribution in [2.24, 2.45) is 5.73 Å². The van der Waals surface area contributed by atoms with Gasteiger partial charge in [0, 0.05) is 31.9 Å². The van der Waals surface area contributed by atoms with Crippen LogP contribution in [-0.2, 0) is 11.3 Å². The monoisotopic (exact) mass is 286 g/mol. The Morgan fingerprint density at radius 2 is 1.90 bits per heavy atom. The van der Waals surface area contributed by atoms with Gasteiger partial charge in [0.15, 0.2) is 0 Å². The minimum Gasteiger partial charge on any atom is -0.385 e. The van der Waals surface area contributed by atoms with Crippen molar-refractivity contribution in [3.63, 3.8) is 0 Å². The maximum absolute atomic E-state index is 12.6. The van der Waals surface area contributed by atoms with E-state index in [4.69, 9.17) is 10.5 Å². The molecule has 2 aromatic rings. The molecule has 1 aromatic heterocycles. The Balaban J connectivity index is 2.49. The summed E-state index contributed by atoms with van der Waals surface area (Å²) >= 11 is 0. The number of nitrogens with zero attached hydrogens (tertiary/aromatic N) is 1. The maximum Gasteiger partial charge on any atom is 0.255 e. The molecule has 0 spiro atoms. The second-order valence-electron chi connectivity index (χ2n) is 5.13. The highest BCUT2D eigenvalue weighted by atomic mass is 16.5. The van der Waals surface area contributed by atoms with Gasteiger partial charge in [0.05, 0.1) is 5.69 Å². The van der Waals surface area contributed by atoms with E-state index in [2.05, 4.69) is 0 Å². The molecule has 4 heteroatoms. The van der Waals surface area contributed by atoms with E-state index in [-0.39, 0.29) is 11.6 Å². The molecule has 112 valence electrons. The van der Waals surface area contributed by atoms with Crippen molar-refractivity contribution in [2.75, 3.05) is 13.7 Å². The van der Waals surface area contributed by atoms with Crippen LogP contribution in [0.4, 0.5) is 0 Å². The molecule has 0 fully saturated rings. The predicted molar refractivity (Wildman–Crippen MR) is 85.2 cm³/mol. The van der Waals surface area contributed by atoms with Gasteiger partial charge in [0.25, 0.3) is 5.56 Å². The second-order valence-corrected chi connectivity index (χ2v) is 5.13. The lowest BCUT2D eigenvalue weighted by Gasteiger charge is -2.16. The molecule has 2 N–H and O–H groups in total. The van der Waals surface area contributed by atoms with Gasteiger partial charge in [0.1, 0.15) is 0 Å². The van der Waals surface area contributed by atoms with E-state index in [0.29, 0.717) is 18.7 Å². The summed E-state index contributed by atoms with van der Waals surface area (Å²) < 4.78 is 6.89. The zero-order chi connectivity index (χ0) is 15.2. The summed E-state index contributed by atoms with van der Waals surface area (Å²) in [6.07, 6.45) is 0.790. The summed E-state index contributed by atoms with van der Waals surface area (Å²) in [7, 11) is 1.67. The average Bonchev–Trinajstić information content (AvgIpc) is 2.49. The van der Waals surface area contributed by atoms with Gasteiger partial charge < -0.3 is 15.0 Å². The van der Waals surface area contributed by atoms with Gasteiger partial charge >= 0.3 is 0 Å². The van der Waals surface area contributed by atoms with Gasteiger partial charge in [-0.3, -0.25) is 4.79 Å². The zero-order valence-corrected chi connectivity index (χ0v) is 12.6. The lowest BCUT2D eigenvalue weighted by Crippen LogP contribution is -2.28. The van der Waals surface area contributed by atoms with Crippen molar-refractivity contribution in [3.05, 3.63) is 58.4 Å². The van der Waals surface area contributed by atoms with Crippen LogP contribution >= 0.6 is 0 Å². The topological polar surface area (TPSA) is 57.2 Å². The van der Waals surface area contributed by atoms with E-state index in [9.17, 15) is 4.79 Å². The third-order valence-electron chi connectivity index (χ3n) is 3.49. The highest BCUT2D eigenvalue weighted by Crippen LogP contribution is 2.19. The molecule has 21 heavy (non-hydrogen) atoms. The third-order valence-corrected chi connectivity index (χ3v) is 3.49. The fourth-order valence-corrected chi connectivity index (χ4v) is 2.39. The molecule has 1 atom stereocenters. The van der Waals surface area contributed by atoms with E-state index in [1.807, 2.05) is 49.4 Å². The molecular weight excluding hydrogens is 264 g/mol. The third kappa shape index (κ3) is 3.60. The van der Waals surface area contributed by atoms with E-state index in [1.165, 1.54) is 0 Å². The normalized spacial score (nSPS) is 12.3. The number of methoxy groups -OCH3 is 1. The molecule has 0 bridgehead atoms. The van der Waals surface area contributed by atoms with Crippen LogP contribution in [0.15, 0.2) is 47.3 Å². The minimum absolute atomic E-state index is 0.0116. The molecule has 0 amide bonds. The van der Waals surface area contributed by atoms with Gasteiger partial charge in [0.2, 0.25) is 0 Å². The number of hydrogen-bond acceptors (Lipinski definition) is 3. The van der Waals surface area contributed by atoms with E-state index in [0.717, 1.165) is 17.7 Å². The molecular formula is C17H22N2O2. The fourth-order valence-electron chi connectivity index (χ4n) is 2.39. The summed E-state index contributed by atoms with van der Waals surface area (Å²) in [5.41, 5.74) is 8.47. The summed E-state index contributed by atoms with van der Waals surface area (Å²) in [6.45, 7) is 3.08. The Morgan fingerprint density at radius 3 is 2.52 bits per heavy atom. The first kappa shape index (κ1) is 15.5. The summed E-state index contributed by atoms with van der Waals surface area (Å²) in [5.74, 6) is 0. The van der Waals surface area contributed by atoms with Gasteiger partial charge in [-0.15, -0.1) is 0 Å². The van der Waals surface area contributed by atoms with Crippen LogP contribution in [0, 0.1) is 0 Å². The van der Waals surface area contributed by atoms with Gasteiger partial charge in [-0.25, -0.2) is 0 Å². The SMILES string of the molecule is COCCCn1c(-c2ccccc2)ccc(C(C)N)c1=O. The van der Waals surface area contributed by atoms with Crippen molar-refractivity contribution in [1.29, 1.82) is 0 Å². The van der Waals surface area contributed by atoms with E-state index >= 15 is 0 Å². The highest BCUT2D eigenvalue weighted by Gasteiger charge is 2.12. The molecule has 1 heterocycles. The van der Waals surface area contributed by atoms with Crippen LogP contribution < -0.4 is 11.3 Å². The Labute approximate surface area is 125 Å². The molecule has 0 aliphatic rings. The molecule has 0 saturated heterocycles. The first-order valence-electron chi connectivity index (χ1n) is 7.19. The van der Waals surface area contributed by atoms with Gasteiger partial charge in [-0.05, 0) is 31.0 Å². The number of hydrogen-bond donors (Lipinski definition) is 1. The van der Waals surface area contributed by atoms with Gasteiger partial charge in [-0.2, -0.15) is 0 Å². The smallest absolute Gasteiger partial charge is 0.255 e. The lowest BCUT2D eigenvalue weighted by atomic mass is 10.1. The Hall–Kier alpha value is -1.91. The van der Waals surface area contributed by atoms with Crippen molar-refractivity contribution in [2.45, 2.75) is 25.9 Å². The number of aromatic nitrogens is 1. The zero-order valence-electron chi connectivity index (χ0n) is 12.6. The number of benzene rings is 1. The average molecular weight is 286 g/mol. The lowest BCUT2D eigenvalue weighted by molar-refractivity contribution is 0.190. The molecule has 0 aliphatic heterocycles. The number of nitrogens with two attached hydrogens (primary N) is 1. The van der Waals surface area contributed by atoms with E-state index in [1.54, 1.807) is 11.7 Å². The standard InChI is InChI=1S/C17H22N2O2/c1-13(18)15-9-10-16(14-7-4-3-5-8-14)19(17(15)20)11-6-12-21-2/h3-5,7-10,13H,6,11-12,18H2,1-2H3. The number of ether oxygens (including phenoxy) is 1. The quantitative estimate of drug-likeness (QED) is 0.830. The Morgan fingerprint density at radius 1 is 1.19 bits per heavy atom. The van der Waals surface area contributed by atoms with Crippen molar-refractivity contribution < 1.29 is 4.74 Å². The number of pyridine rings is 1. The molecule has 0 radical (unpaired) electrons. The Kier molecular flexibility index (Phi) is 5.31. The molecule has 1 aromatic carbocycles. The van der Waals surface area contributed by atoms with Crippen molar-refractivity contribution in [1.82, 2.24) is 4.57 Å². The molecule has 1 unspecified atom stereocenters. The largest absolute Gasteiger partial charge is 0.385 e. The Bertz CT molecular complexity index is 633. The summed E-state index contributed by atoms with van der Waals surface area (Å²) in [4.78, 5) is 12.6. The van der Waals surface area contributed by atoms with E-state index < -0.39 is 0 Å². The maximum atomic E-state index is 12.6. The molecule has 0 saturated carbocycles. The molecule has 0 aliphatic carbocycles. The second kappa shape index (κ2) is 7.20.